The fourth-order valence-electron chi connectivity index (χ4n) is 1.62. The first-order valence-corrected chi connectivity index (χ1v) is 5.67. The van der Waals surface area contributed by atoms with Crippen LogP contribution >= 0.6 is 0 Å². The molecule has 0 unspecified atom stereocenters. The van der Waals surface area contributed by atoms with Crippen molar-refractivity contribution in [2.75, 3.05) is 6.54 Å². The minimum Gasteiger partial charge on any atom is -0.392 e. The fraction of sp³-hybridized carbons (Fsp3) is 0.0833. The number of fused-ring (bicyclic) bond motifs is 1. The van der Waals surface area contributed by atoms with Crippen LogP contribution in [0.25, 0.3) is 10.9 Å². The molecule has 0 aliphatic rings. The summed E-state index contributed by atoms with van der Waals surface area (Å²) in [5.41, 5.74) is 4.91. The van der Waals surface area contributed by atoms with Crippen LogP contribution in [-0.4, -0.2) is 28.6 Å². The summed E-state index contributed by atoms with van der Waals surface area (Å²) in [7, 11) is 0. The second kappa shape index (κ2) is 5.92. The molecule has 0 aliphatic heterocycles. The van der Waals surface area contributed by atoms with Crippen LogP contribution in [0.5, 0.6) is 5.75 Å². The average Bonchev–Trinajstić information content (AvgIpc) is 2.47. The highest BCUT2D eigenvalue weighted by atomic mass is 16.7. The summed E-state index contributed by atoms with van der Waals surface area (Å²) in [5, 5.41) is 11.1. The smallest absolute Gasteiger partial charge is 0.392 e. The van der Waals surface area contributed by atoms with Gasteiger partial charge in [-0.3, -0.25) is 19.9 Å². The first-order valence-electron chi connectivity index (χ1n) is 5.67. The summed E-state index contributed by atoms with van der Waals surface area (Å²) >= 11 is 0. The number of aromatic nitrogens is 1. The summed E-state index contributed by atoms with van der Waals surface area (Å²) < 4.78 is 9.06. The number of benzene rings is 1. The van der Waals surface area contributed by atoms with Gasteiger partial charge in [-0.05, 0) is 18.2 Å². The van der Waals surface area contributed by atoms with Gasteiger partial charge in [0, 0.05) is 12.3 Å². The molecule has 0 radical (unpaired) electrons. The number of ether oxygens (including phenoxy) is 2. The maximum atomic E-state index is 11.4. The predicted octanol–water partition coefficient (Wildman–Crippen LogP) is 1.14. The van der Waals surface area contributed by atoms with Crippen LogP contribution in [0.1, 0.15) is 0 Å². The SMILES string of the molecule is NCC(=O)OC(=O)Oc1ccc([N+](=O)[O-])c2cccnc12. The van der Waals surface area contributed by atoms with E-state index in [1.165, 1.54) is 24.4 Å². The number of carbonyl (C=O) groups is 2. The standard InChI is InChI=1S/C12H9N3O6/c13-6-10(16)21-12(17)20-9-4-3-8(15(18)19)7-2-1-5-14-11(7)9/h1-5H,6,13H2. The Morgan fingerprint density at radius 3 is 2.76 bits per heavy atom. The number of nitro benzene ring substituents is 1. The lowest BCUT2D eigenvalue weighted by atomic mass is 10.1. The molecule has 0 atom stereocenters. The Morgan fingerprint density at radius 2 is 2.10 bits per heavy atom. The monoisotopic (exact) mass is 291 g/mol. The maximum Gasteiger partial charge on any atom is 0.521 e. The second-order valence-corrected chi connectivity index (χ2v) is 3.77. The molecule has 1 heterocycles. The zero-order chi connectivity index (χ0) is 15.4. The van der Waals surface area contributed by atoms with Crippen molar-refractivity contribution in [3.8, 4) is 5.75 Å². The number of esters is 1. The van der Waals surface area contributed by atoms with Crippen LogP contribution in [0, 0.1) is 10.1 Å². The van der Waals surface area contributed by atoms with Crippen LogP contribution < -0.4 is 10.5 Å². The van der Waals surface area contributed by atoms with Gasteiger partial charge in [-0.25, -0.2) is 4.79 Å². The van der Waals surface area contributed by atoms with Gasteiger partial charge in [0.1, 0.15) is 5.52 Å². The van der Waals surface area contributed by atoms with Crippen LogP contribution in [0.4, 0.5) is 10.5 Å². The van der Waals surface area contributed by atoms with Gasteiger partial charge in [-0.2, -0.15) is 0 Å². The first kappa shape index (κ1) is 14.3. The Morgan fingerprint density at radius 1 is 1.33 bits per heavy atom. The number of non-ortho nitro benzene ring substituents is 1. The molecule has 2 aromatic rings. The Labute approximate surface area is 117 Å². The molecule has 2 N–H and O–H groups in total. The van der Waals surface area contributed by atoms with Crippen molar-refractivity contribution in [1.82, 2.24) is 4.98 Å². The van der Waals surface area contributed by atoms with Gasteiger partial charge in [0.2, 0.25) is 0 Å². The van der Waals surface area contributed by atoms with Crippen LogP contribution in [-0.2, 0) is 9.53 Å². The molecule has 21 heavy (non-hydrogen) atoms. The number of rotatable bonds is 3. The number of hydrogen-bond acceptors (Lipinski definition) is 8. The zero-order valence-electron chi connectivity index (χ0n) is 10.5. The molecule has 9 nitrogen and oxygen atoms in total. The normalized spacial score (nSPS) is 10.1. The van der Waals surface area contributed by atoms with Gasteiger partial charge in [0.15, 0.2) is 5.75 Å². The molecule has 0 bridgehead atoms. The number of nitrogens with zero attached hydrogens (tertiary/aromatic N) is 2. The first-order chi connectivity index (χ1) is 10.0. The minimum atomic E-state index is -1.29. The highest BCUT2D eigenvalue weighted by molar-refractivity contribution is 5.94. The lowest BCUT2D eigenvalue weighted by Crippen LogP contribution is -2.22. The third kappa shape index (κ3) is 3.09. The second-order valence-electron chi connectivity index (χ2n) is 3.77. The summed E-state index contributed by atoms with van der Waals surface area (Å²) in [6.07, 6.45) is 0.0983. The highest BCUT2D eigenvalue weighted by Crippen LogP contribution is 2.31. The Hall–Kier alpha value is -3.07. The van der Waals surface area contributed by atoms with Crippen LogP contribution in [0.2, 0.25) is 0 Å². The average molecular weight is 291 g/mol. The van der Waals surface area contributed by atoms with E-state index in [1.807, 2.05) is 0 Å². The molecule has 9 heteroatoms. The lowest BCUT2D eigenvalue weighted by molar-refractivity contribution is -0.383. The van der Waals surface area contributed by atoms with Gasteiger partial charge < -0.3 is 15.2 Å². The Balaban J connectivity index is 2.38. The van der Waals surface area contributed by atoms with Crippen LogP contribution in [0.15, 0.2) is 30.5 Å². The van der Waals surface area contributed by atoms with Crippen molar-refractivity contribution in [2.45, 2.75) is 0 Å². The maximum absolute atomic E-state index is 11.4. The van der Waals surface area contributed by atoms with Crippen molar-refractivity contribution < 1.29 is 24.0 Å². The van der Waals surface area contributed by atoms with Gasteiger partial charge in [-0.15, -0.1) is 0 Å². The van der Waals surface area contributed by atoms with E-state index in [9.17, 15) is 19.7 Å². The molecule has 2 rings (SSSR count). The van der Waals surface area contributed by atoms with Crippen molar-refractivity contribution in [3.63, 3.8) is 0 Å². The van der Waals surface area contributed by atoms with Gasteiger partial charge in [-0.1, -0.05) is 0 Å². The van der Waals surface area contributed by atoms with E-state index in [4.69, 9.17) is 10.5 Å². The van der Waals surface area contributed by atoms with E-state index in [2.05, 4.69) is 9.72 Å². The quantitative estimate of drug-likeness (QED) is 0.292. The highest BCUT2D eigenvalue weighted by Gasteiger charge is 2.19. The summed E-state index contributed by atoms with van der Waals surface area (Å²) in [4.78, 5) is 36.5. The molecule has 0 fully saturated rings. The molecule has 0 saturated heterocycles. The molecule has 0 amide bonds. The molecular weight excluding hydrogens is 282 g/mol. The molecule has 108 valence electrons. The molecule has 0 saturated carbocycles. The summed E-state index contributed by atoms with van der Waals surface area (Å²) in [6, 6.07) is 5.33. The Kier molecular flexibility index (Phi) is 4.05. The molecule has 1 aromatic carbocycles. The van der Waals surface area contributed by atoms with Gasteiger partial charge in [0.05, 0.1) is 16.9 Å². The number of pyridine rings is 1. The Bertz CT molecular complexity index is 730. The van der Waals surface area contributed by atoms with E-state index in [-0.39, 0.29) is 22.3 Å². The number of nitro groups is 1. The number of nitrogens with two attached hydrogens (primary N) is 1. The van der Waals surface area contributed by atoms with Crippen LogP contribution in [0.3, 0.4) is 0 Å². The zero-order valence-corrected chi connectivity index (χ0v) is 10.5. The van der Waals surface area contributed by atoms with E-state index in [0.717, 1.165) is 6.07 Å². The minimum absolute atomic E-state index is 0.0639. The number of carbonyl (C=O) groups excluding carboxylic acids is 2. The third-order valence-electron chi connectivity index (χ3n) is 2.46. The topological polar surface area (TPSA) is 135 Å². The predicted molar refractivity (Wildman–Crippen MR) is 69.6 cm³/mol. The van der Waals surface area contributed by atoms with Crippen molar-refractivity contribution in [3.05, 3.63) is 40.6 Å². The number of hydrogen-bond donors (Lipinski definition) is 1. The van der Waals surface area contributed by atoms with Gasteiger partial charge in [0.25, 0.3) is 5.69 Å². The third-order valence-corrected chi connectivity index (χ3v) is 2.46. The summed E-state index contributed by atoms with van der Waals surface area (Å²) in [5.74, 6) is -1.02. The molecule has 0 spiro atoms. The largest absolute Gasteiger partial charge is 0.521 e. The van der Waals surface area contributed by atoms with Crippen molar-refractivity contribution >= 4 is 28.7 Å². The van der Waals surface area contributed by atoms with E-state index < -0.39 is 23.6 Å². The molecule has 1 aromatic heterocycles. The lowest BCUT2D eigenvalue weighted by Gasteiger charge is -2.06. The molecule has 0 aliphatic carbocycles. The van der Waals surface area contributed by atoms with Crippen molar-refractivity contribution in [2.24, 2.45) is 5.73 Å². The van der Waals surface area contributed by atoms with E-state index in [1.54, 1.807) is 0 Å². The molecular formula is C12H9N3O6. The fourth-order valence-corrected chi connectivity index (χ4v) is 1.62. The van der Waals surface area contributed by atoms with E-state index in [0.29, 0.717) is 0 Å². The van der Waals surface area contributed by atoms with E-state index >= 15 is 0 Å². The summed E-state index contributed by atoms with van der Waals surface area (Å²) in [6.45, 7) is -0.478. The van der Waals surface area contributed by atoms with Gasteiger partial charge >= 0.3 is 12.1 Å². The van der Waals surface area contributed by atoms with Crippen molar-refractivity contribution in [1.29, 1.82) is 0 Å².